The monoisotopic (exact) mass is 277 g/mol. The van der Waals surface area contributed by atoms with E-state index < -0.39 is 22.4 Å². The number of hydrogen-bond acceptors (Lipinski definition) is 4. The summed E-state index contributed by atoms with van der Waals surface area (Å²) in [5.41, 5.74) is 0.147. The molecule has 0 aliphatic heterocycles. The number of ether oxygens (including phenoxy) is 1. The molecule has 0 aromatic heterocycles. The fourth-order valence-electron chi connectivity index (χ4n) is 1.30. The fourth-order valence-corrected chi connectivity index (χ4v) is 2.65. The molecule has 0 aliphatic rings. The third kappa shape index (κ3) is 3.74. The number of rotatable bonds is 6. The van der Waals surface area contributed by atoms with Crippen molar-refractivity contribution in [1.82, 2.24) is 4.72 Å². The average molecular weight is 277 g/mol. The first-order valence-electron chi connectivity index (χ1n) is 5.32. The number of hydrogen-bond donors (Lipinski definition) is 2. The summed E-state index contributed by atoms with van der Waals surface area (Å²) in [6.07, 6.45) is -0.300. The van der Waals surface area contributed by atoms with Gasteiger partial charge in [-0.15, -0.1) is 0 Å². The molecule has 1 rings (SSSR count). The van der Waals surface area contributed by atoms with Crippen molar-refractivity contribution in [2.75, 3.05) is 13.7 Å². The van der Waals surface area contributed by atoms with E-state index in [0.29, 0.717) is 0 Å². The maximum atomic E-state index is 13.1. The Bertz CT molecular complexity index is 504. The summed E-state index contributed by atoms with van der Waals surface area (Å²) < 4.78 is 44.2. The van der Waals surface area contributed by atoms with Crippen molar-refractivity contribution in [2.45, 2.75) is 24.5 Å². The quantitative estimate of drug-likeness (QED) is 0.799. The Morgan fingerprint density at radius 3 is 2.72 bits per heavy atom. The number of benzene rings is 1. The number of halogens is 1. The lowest BCUT2D eigenvalue weighted by atomic mass is 10.2. The van der Waals surface area contributed by atoms with Crippen LogP contribution in [0, 0.1) is 5.82 Å². The fraction of sp³-hybridized carbons (Fsp3) is 0.455. The zero-order valence-electron chi connectivity index (χ0n) is 10.2. The standard InChI is InChI=1S/C11H16FNO4S/c1-8(17-2)6-13-18(15,16)11-5-10(12)4-3-9(11)7-14/h3-5,8,13-14H,6-7H2,1-2H3. The van der Waals surface area contributed by atoms with Crippen LogP contribution in [0.25, 0.3) is 0 Å². The second-order valence-corrected chi connectivity index (χ2v) is 5.54. The highest BCUT2D eigenvalue weighted by atomic mass is 32.2. The van der Waals surface area contributed by atoms with Gasteiger partial charge in [0.25, 0.3) is 0 Å². The van der Waals surface area contributed by atoms with Crippen molar-refractivity contribution in [3.63, 3.8) is 0 Å². The highest BCUT2D eigenvalue weighted by Gasteiger charge is 2.19. The smallest absolute Gasteiger partial charge is 0.241 e. The molecule has 0 amide bonds. The first-order valence-corrected chi connectivity index (χ1v) is 6.80. The first kappa shape index (κ1) is 15.0. The van der Waals surface area contributed by atoms with Crippen LogP contribution in [0.2, 0.25) is 0 Å². The van der Waals surface area contributed by atoms with E-state index in [2.05, 4.69) is 4.72 Å². The van der Waals surface area contributed by atoms with Gasteiger partial charge in [0.1, 0.15) is 5.82 Å². The predicted octanol–water partition coefficient (Wildman–Crippen LogP) is 0.631. The number of aliphatic hydroxyl groups is 1. The maximum Gasteiger partial charge on any atom is 0.241 e. The number of aliphatic hydroxyl groups excluding tert-OH is 1. The third-order valence-electron chi connectivity index (χ3n) is 2.45. The van der Waals surface area contributed by atoms with Crippen molar-refractivity contribution in [3.05, 3.63) is 29.6 Å². The van der Waals surface area contributed by atoms with Crippen LogP contribution in [0.5, 0.6) is 0 Å². The van der Waals surface area contributed by atoms with Gasteiger partial charge in [-0.2, -0.15) is 0 Å². The van der Waals surface area contributed by atoms with Gasteiger partial charge < -0.3 is 9.84 Å². The molecule has 0 spiro atoms. The zero-order chi connectivity index (χ0) is 13.8. The SMILES string of the molecule is COC(C)CNS(=O)(=O)c1cc(F)ccc1CO. The molecule has 1 unspecified atom stereocenters. The van der Waals surface area contributed by atoms with Gasteiger partial charge in [-0.25, -0.2) is 17.5 Å². The molecule has 1 atom stereocenters. The molecule has 0 aliphatic carbocycles. The predicted molar refractivity (Wildman–Crippen MR) is 64.0 cm³/mol. The molecular formula is C11H16FNO4S. The van der Waals surface area contributed by atoms with Gasteiger partial charge in [-0.3, -0.25) is 0 Å². The molecule has 0 bridgehead atoms. The largest absolute Gasteiger partial charge is 0.392 e. The topological polar surface area (TPSA) is 75.6 Å². The highest BCUT2D eigenvalue weighted by molar-refractivity contribution is 7.89. The van der Waals surface area contributed by atoms with Crippen molar-refractivity contribution in [2.24, 2.45) is 0 Å². The summed E-state index contributed by atoms with van der Waals surface area (Å²) in [4.78, 5) is -0.256. The Morgan fingerprint density at radius 1 is 1.50 bits per heavy atom. The van der Waals surface area contributed by atoms with E-state index in [1.165, 1.54) is 13.2 Å². The average Bonchev–Trinajstić information content (AvgIpc) is 2.36. The van der Waals surface area contributed by atoms with E-state index in [1.54, 1.807) is 6.92 Å². The Morgan fingerprint density at radius 2 is 2.17 bits per heavy atom. The number of sulfonamides is 1. The molecule has 0 radical (unpaired) electrons. The summed E-state index contributed by atoms with van der Waals surface area (Å²) in [5, 5.41) is 9.06. The minimum Gasteiger partial charge on any atom is -0.392 e. The van der Waals surface area contributed by atoms with Crippen molar-refractivity contribution >= 4 is 10.0 Å². The first-order chi connectivity index (χ1) is 8.40. The van der Waals surface area contributed by atoms with Crippen molar-refractivity contribution in [3.8, 4) is 0 Å². The zero-order valence-corrected chi connectivity index (χ0v) is 11.0. The summed E-state index contributed by atoms with van der Waals surface area (Å²) in [7, 11) is -2.40. The molecule has 18 heavy (non-hydrogen) atoms. The minimum absolute atomic E-state index is 0.0697. The van der Waals surface area contributed by atoms with E-state index >= 15 is 0 Å². The van der Waals surface area contributed by atoms with Crippen LogP contribution in [-0.4, -0.2) is 33.3 Å². The van der Waals surface area contributed by atoms with Gasteiger partial charge >= 0.3 is 0 Å². The summed E-state index contributed by atoms with van der Waals surface area (Å²) in [5.74, 6) is -0.674. The van der Waals surface area contributed by atoms with Gasteiger partial charge in [0, 0.05) is 13.7 Å². The second-order valence-electron chi connectivity index (χ2n) is 3.81. The molecule has 5 nitrogen and oxygen atoms in total. The lowest BCUT2D eigenvalue weighted by Gasteiger charge is -2.13. The van der Waals surface area contributed by atoms with E-state index in [9.17, 15) is 12.8 Å². The molecular weight excluding hydrogens is 261 g/mol. The molecule has 2 N–H and O–H groups in total. The van der Waals surface area contributed by atoms with Crippen LogP contribution in [0.15, 0.2) is 23.1 Å². The third-order valence-corrected chi connectivity index (χ3v) is 3.96. The maximum absolute atomic E-state index is 13.1. The van der Waals surface area contributed by atoms with Crippen LogP contribution in [0.3, 0.4) is 0 Å². The van der Waals surface area contributed by atoms with Crippen LogP contribution in [0.4, 0.5) is 4.39 Å². The Balaban J connectivity index is 3.00. The minimum atomic E-state index is -3.86. The van der Waals surface area contributed by atoms with Crippen molar-refractivity contribution in [1.29, 1.82) is 0 Å². The van der Waals surface area contributed by atoms with Gasteiger partial charge in [0.05, 0.1) is 17.6 Å². The van der Waals surface area contributed by atoms with Gasteiger partial charge in [-0.05, 0) is 24.6 Å². The van der Waals surface area contributed by atoms with Crippen LogP contribution in [0.1, 0.15) is 12.5 Å². The van der Waals surface area contributed by atoms with Gasteiger partial charge in [0.2, 0.25) is 10.0 Å². The van der Waals surface area contributed by atoms with E-state index in [-0.39, 0.29) is 23.1 Å². The van der Waals surface area contributed by atoms with Crippen LogP contribution in [-0.2, 0) is 21.4 Å². The Hall–Kier alpha value is -1.02. The van der Waals surface area contributed by atoms with E-state index in [0.717, 1.165) is 12.1 Å². The normalized spacial score (nSPS) is 13.6. The molecule has 0 heterocycles. The van der Waals surface area contributed by atoms with Crippen molar-refractivity contribution < 1.29 is 22.7 Å². The Labute approximate surface area is 106 Å². The highest BCUT2D eigenvalue weighted by Crippen LogP contribution is 2.17. The molecule has 0 saturated carbocycles. The van der Waals surface area contributed by atoms with Crippen LogP contribution < -0.4 is 4.72 Å². The van der Waals surface area contributed by atoms with E-state index in [1.807, 2.05) is 0 Å². The molecule has 1 aromatic rings. The Kier molecular flexibility index (Phi) is 5.21. The molecule has 1 aromatic carbocycles. The van der Waals surface area contributed by atoms with E-state index in [4.69, 9.17) is 9.84 Å². The lowest BCUT2D eigenvalue weighted by molar-refractivity contribution is 0.122. The summed E-state index contributed by atoms with van der Waals surface area (Å²) in [6, 6.07) is 3.22. The molecule has 7 heteroatoms. The lowest BCUT2D eigenvalue weighted by Crippen LogP contribution is -2.32. The van der Waals surface area contributed by atoms with Gasteiger partial charge in [-0.1, -0.05) is 6.07 Å². The number of methoxy groups -OCH3 is 1. The number of nitrogens with one attached hydrogen (secondary N) is 1. The molecule has 0 saturated heterocycles. The molecule has 102 valence electrons. The second kappa shape index (κ2) is 6.24. The van der Waals surface area contributed by atoms with Gasteiger partial charge in [0.15, 0.2) is 0 Å². The molecule has 0 fully saturated rings. The summed E-state index contributed by atoms with van der Waals surface area (Å²) in [6.45, 7) is 1.29. The summed E-state index contributed by atoms with van der Waals surface area (Å²) >= 11 is 0. The van der Waals surface area contributed by atoms with Crippen LogP contribution >= 0.6 is 0 Å².